The molecule has 0 atom stereocenters. The van der Waals surface area contributed by atoms with Gasteiger partial charge in [-0.2, -0.15) is 0 Å². The van der Waals surface area contributed by atoms with Gasteiger partial charge in [-0.05, 0) is 35.9 Å². The Morgan fingerprint density at radius 3 is 2.52 bits per heavy atom. The van der Waals surface area contributed by atoms with Crippen LogP contribution in [0.2, 0.25) is 5.02 Å². The summed E-state index contributed by atoms with van der Waals surface area (Å²) in [4.78, 5) is 12.2. The SMILES string of the molecule is COc1ccc(Cl)cc1CC(=O)Cc1ccc(N)c(N)c1. The molecule has 2 aromatic rings. The van der Waals surface area contributed by atoms with E-state index in [0.29, 0.717) is 28.6 Å². The van der Waals surface area contributed by atoms with Gasteiger partial charge in [-0.3, -0.25) is 4.79 Å². The maximum Gasteiger partial charge on any atom is 0.141 e. The van der Waals surface area contributed by atoms with Gasteiger partial charge in [0.25, 0.3) is 0 Å². The van der Waals surface area contributed by atoms with Crippen LogP contribution in [0.15, 0.2) is 36.4 Å². The Balaban J connectivity index is 2.11. The van der Waals surface area contributed by atoms with Crippen molar-refractivity contribution in [1.82, 2.24) is 0 Å². The maximum atomic E-state index is 12.2. The van der Waals surface area contributed by atoms with Crippen LogP contribution in [0, 0.1) is 0 Å². The molecule has 21 heavy (non-hydrogen) atoms. The Labute approximate surface area is 128 Å². The highest BCUT2D eigenvalue weighted by Gasteiger charge is 2.11. The van der Waals surface area contributed by atoms with E-state index in [1.54, 1.807) is 43.5 Å². The monoisotopic (exact) mass is 304 g/mol. The largest absolute Gasteiger partial charge is 0.496 e. The Hall–Kier alpha value is -2.20. The number of carbonyl (C=O) groups is 1. The molecule has 0 aliphatic heterocycles. The minimum Gasteiger partial charge on any atom is -0.496 e. The second kappa shape index (κ2) is 6.50. The summed E-state index contributed by atoms with van der Waals surface area (Å²) in [6, 6.07) is 10.5. The van der Waals surface area contributed by atoms with E-state index in [0.717, 1.165) is 11.1 Å². The minimum absolute atomic E-state index is 0.0553. The lowest BCUT2D eigenvalue weighted by atomic mass is 10.0. The molecule has 2 rings (SSSR count). The van der Waals surface area contributed by atoms with Crippen molar-refractivity contribution >= 4 is 28.8 Å². The zero-order chi connectivity index (χ0) is 15.4. The maximum absolute atomic E-state index is 12.2. The summed E-state index contributed by atoms with van der Waals surface area (Å²) in [6.07, 6.45) is 0.550. The van der Waals surface area contributed by atoms with E-state index >= 15 is 0 Å². The summed E-state index contributed by atoms with van der Waals surface area (Å²) in [5.41, 5.74) is 14.0. The molecule has 4 N–H and O–H groups in total. The lowest BCUT2D eigenvalue weighted by molar-refractivity contribution is -0.117. The lowest BCUT2D eigenvalue weighted by Gasteiger charge is -2.09. The number of hydrogen-bond donors (Lipinski definition) is 2. The number of anilines is 2. The third-order valence-corrected chi connectivity index (χ3v) is 3.42. The Morgan fingerprint density at radius 1 is 1.10 bits per heavy atom. The molecule has 0 fully saturated rings. The zero-order valence-electron chi connectivity index (χ0n) is 11.7. The van der Waals surface area contributed by atoms with E-state index in [2.05, 4.69) is 0 Å². The van der Waals surface area contributed by atoms with Gasteiger partial charge in [0.15, 0.2) is 0 Å². The smallest absolute Gasteiger partial charge is 0.141 e. The molecule has 0 aliphatic carbocycles. The number of Topliss-reactive ketones (excluding diaryl/α,β-unsaturated/α-hetero) is 1. The summed E-state index contributed by atoms with van der Waals surface area (Å²) in [7, 11) is 1.57. The van der Waals surface area contributed by atoms with Crippen molar-refractivity contribution in [2.45, 2.75) is 12.8 Å². The lowest BCUT2D eigenvalue weighted by Crippen LogP contribution is -2.08. The highest BCUT2D eigenvalue weighted by molar-refractivity contribution is 6.30. The molecule has 4 nitrogen and oxygen atoms in total. The molecule has 0 spiro atoms. The number of carbonyl (C=O) groups excluding carboxylic acids is 1. The molecule has 0 aliphatic rings. The second-order valence-corrected chi connectivity index (χ2v) is 5.25. The van der Waals surface area contributed by atoms with E-state index in [4.69, 9.17) is 27.8 Å². The van der Waals surface area contributed by atoms with Crippen molar-refractivity contribution in [2.75, 3.05) is 18.6 Å². The first-order valence-electron chi connectivity index (χ1n) is 6.47. The van der Waals surface area contributed by atoms with Gasteiger partial charge in [0.2, 0.25) is 0 Å². The van der Waals surface area contributed by atoms with Crippen LogP contribution in [0.25, 0.3) is 0 Å². The number of nitrogen functional groups attached to an aromatic ring is 2. The zero-order valence-corrected chi connectivity index (χ0v) is 12.5. The van der Waals surface area contributed by atoms with Crippen molar-refractivity contribution in [2.24, 2.45) is 0 Å². The number of halogens is 1. The molecule has 0 radical (unpaired) electrons. The van der Waals surface area contributed by atoms with Crippen molar-refractivity contribution in [3.8, 4) is 5.75 Å². The van der Waals surface area contributed by atoms with Gasteiger partial charge in [0.05, 0.1) is 18.5 Å². The fraction of sp³-hybridized carbons (Fsp3) is 0.188. The molecule has 0 heterocycles. The van der Waals surface area contributed by atoms with Crippen LogP contribution in [0.3, 0.4) is 0 Å². The van der Waals surface area contributed by atoms with Crippen LogP contribution in [-0.4, -0.2) is 12.9 Å². The summed E-state index contributed by atoms with van der Waals surface area (Å²) in [5.74, 6) is 0.712. The minimum atomic E-state index is 0.0553. The van der Waals surface area contributed by atoms with Gasteiger partial charge in [-0.25, -0.2) is 0 Å². The fourth-order valence-corrected chi connectivity index (χ4v) is 2.32. The number of ketones is 1. The summed E-state index contributed by atoms with van der Waals surface area (Å²) in [5, 5.41) is 0.579. The first-order chi connectivity index (χ1) is 9.99. The first-order valence-corrected chi connectivity index (χ1v) is 6.85. The normalized spacial score (nSPS) is 10.4. The number of rotatable bonds is 5. The third kappa shape index (κ3) is 3.89. The summed E-state index contributed by atoms with van der Waals surface area (Å²) >= 11 is 5.96. The van der Waals surface area contributed by atoms with Crippen LogP contribution in [0.1, 0.15) is 11.1 Å². The van der Waals surface area contributed by atoms with E-state index in [1.165, 1.54) is 0 Å². The van der Waals surface area contributed by atoms with Crippen molar-refractivity contribution in [3.63, 3.8) is 0 Å². The highest BCUT2D eigenvalue weighted by atomic mass is 35.5. The van der Waals surface area contributed by atoms with E-state index < -0.39 is 0 Å². The second-order valence-electron chi connectivity index (χ2n) is 4.81. The van der Waals surface area contributed by atoms with Gasteiger partial charge >= 0.3 is 0 Å². The molecule has 0 aromatic heterocycles. The number of hydrogen-bond acceptors (Lipinski definition) is 4. The van der Waals surface area contributed by atoms with E-state index in [-0.39, 0.29) is 12.2 Å². The van der Waals surface area contributed by atoms with Crippen LogP contribution in [0.4, 0.5) is 11.4 Å². The topological polar surface area (TPSA) is 78.3 Å². The fourth-order valence-electron chi connectivity index (χ4n) is 2.12. The molecule has 0 saturated heterocycles. The Kier molecular flexibility index (Phi) is 4.70. The summed E-state index contributed by atoms with van der Waals surface area (Å²) in [6.45, 7) is 0. The van der Waals surface area contributed by atoms with Crippen LogP contribution in [0.5, 0.6) is 5.75 Å². The average molecular weight is 305 g/mol. The number of benzene rings is 2. The quantitative estimate of drug-likeness (QED) is 0.833. The van der Waals surface area contributed by atoms with Crippen LogP contribution < -0.4 is 16.2 Å². The van der Waals surface area contributed by atoms with Crippen LogP contribution in [-0.2, 0) is 17.6 Å². The molecule has 2 aromatic carbocycles. The van der Waals surface area contributed by atoms with Gasteiger partial charge in [-0.1, -0.05) is 17.7 Å². The Morgan fingerprint density at radius 2 is 1.86 bits per heavy atom. The third-order valence-electron chi connectivity index (χ3n) is 3.18. The average Bonchev–Trinajstić information content (AvgIpc) is 2.43. The molecular weight excluding hydrogens is 288 g/mol. The van der Waals surface area contributed by atoms with E-state index in [9.17, 15) is 4.79 Å². The van der Waals surface area contributed by atoms with Gasteiger partial charge in [0, 0.05) is 23.4 Å². The number of ether oxygens (including phenoxy) is 1. The number of methoxy groups -OCH3 is 1. The van der Waals surface area contributed by atoms with Gasteiger partial charge in [-0.15, -0.1) is 0 Å². The molecule has 0 bridgehead atoms. The predicted molar refractivity (Wildman–Crippen MR) is 85.7 cm³/mol. The van der Waals surface area contributed by atoms with Crippen LogP contribution >= 0.6 is 11.6 Å². The molecule has 0 saturated carbocycles. The number of nitrogens with two attached hydrogens (primary N) is 2. The Bertz CT molecular complexity index is 671. The van der Waals surface area contributed by atoms with Crippen molar-refractivity contribution in [1.29, 1.82) is 0 Å². The standard InChI is InChI=1S/C16H17ClN2O2/c1-21-16-5-3-12(17)8-11(16)9-13(20)6-10-2-4-14(18)15(19)7-10/h2-5,7-8H,6,9,18-19H2,1H3. The molecular formula is C16H17ClN2O2. The molecule has 0 unspecified atom stereocenters. The molecule has 110 valence electrons. The summed E-state index contributed by atoms with van der Waals surface area (Å²) < 4.78 is 5.24. The highest BCUT2D eigenvalue weighted by Crippen LogP contribution is 2.24. The van der Waals surface area contributed by atoms with Gasteiger partial charge < -0.3 is 16.2 Å². The van der Waals surface area contributed by atoms with Crippen molar-refractivity contribution in [3.05, 3.63) is 52.5 Å². The molecule has 5 heteroatoms. The first kappa shape index (κ1) is 15.2. The van der Waals surface area contributed by atoms with Crippen molar-refractivity contribution < 1.29 is 9.53 Å². The molecule has 0 amide bonds. The predicted octanol–water partition coefficient (Wildman–Crippen LogP) is 2.87. The van der Waals surface area contributed by atoms with E-state index in [1.807, 2.05) is 0 Å². The van der Waals surface area contributed by atoms with Gasteiger partial charge in [0.1, 0.15) is 11.5 Å².